The highest BCUT2D eigenvalue weighted by molar-refractivity contribution is 7.80. The highest BCUT2D eigenvalue weighted by Gasteiger charge is 2.11. The van der Waals surface area contributed by atoms with Crippen molar-refractivity contribution in [3.05, 3.63) is 70.8 Å². The molecule has 7 nitrogen and oxygen atoms in total. The first-order valence-electron chi connectivity index (χ1n) is 7.70. The molecule has 3 aromatic rings. The summed E-state index contributed by atoms with van der Waals surface area (Å²) in [6, 6.07) is 10.9. The number of aryl methyl sites for hydroxylation is 1. The van der Waals surface area contributed by atoms with Crippen molar-refractivity contribution in [2.75, 3.05) is 5.32 Å². The molecule has 3 rings (SSSR count). The first-order chi connectivity index (χ1) is 12.5. The summed E-state index contributed by atoms with van der Waals surface area (Å²) < 4.78 is 6.85. The molecule has 2 heterocycles. The lowest BCUT2D eigenvalue weighted by Crippen LogP contribution is -2.43. The maximum atomic E-state index is 12.0. The number of nitrogens with zero attached hydrogens (tertiary/aromatic N) is 2. The maximum Gasteiger partial charge on any atom is 0.273 e. The Labute approximate surface area is 160 Å². The number of carbonyl (C=O) groups excluding carboxylic acids is 1. The Morgan fingerprint density at radius 3 is 2.69 bits per heavy atom. The van der Waals surface area contributed by atoms with Gasteiger partial charge in [-0.05, 0) is 42.9 Å². The predicted octanol–water partition coefficient (Wildman–Crippen LogP) is 3.12. The van der Waals surface area contributed by atoms with E-state index in [0.717, 1.165) is 5.56 Å². The Morgan fingerprint density at radius 1 is 1.23 bits per heavy atom. The Bertz CT molecular complexity index is 919. The Balaban J connectivity index is 1.50. The van der Waals surface area contributed by atoms with Crippen molar-refractivity contribution in [2.24, 2.45) is 0 Å². The van der Waals surface area contributed by atoms with Crippen molar-refractivity contribution < 1.29 is 9.21 Å². The van der Waals surface area contributed by atoms with Crippen LogP contribution in [0.2, 0.25) is 5.02 Å². The number of thiocarbonyl (C=S) groups is 1. The average molecular weight is 390 g/mol. The standard InChI is InChI=1S/C17H16ClN5O2S/c1-11-14(7-9-25-11)16(24)20-21-17(26)19-15-6-8-23(22-15)10-12-2-4-13(18)5-3-12/h2-9H,10H2,1H3,(H,20,24)(H2,19,21,22,26). The van der Waals surface area contributed by atoms with Crippen LogP contribution in [0.4, 0.5) is 5.82 Å². The number of rotatable bonds is 4. The van der Waals surface area contributed by atoms with E-state index in [1.165, 1.54) is 6.26 Å². The predicted molar refractivity (Wildman–Crippen MR) is 103 cm³/mol. The third kappa shape index (κ3) is 4.62. The van der Waals surface area contributed by atoms with Crippen LogP contribution < -0.4 is 16.2 Å². The minimum Gasteiger partial charge on any atom is -0.469 e. The molecule has 3 N–H and O–H groups in total. The van der Waals surface area contributed by atoms with Crippen LogP contribution in [-0.2, 0) is 6.54 Å². The molecule has 9 heteroatoms. The Kier molecular flexibility index (Phi) is 5.55. The number of hydrogen-bond acceptors (Lipinski definition) is 4. The van der Waals surface area contributed by atoms with Crippen LogP contribution in [-0.4, -0.2) is 20.8 Å². The van der Waals surface area contributed by atoms with Crippen LogP contribution >= 0.6 is 23.8 Å². The molecule has 0 bridgehead atoms. The summed E-state index contributed by atoms with van der Waals surface area (Å²) >= 11 is 11.0. The zero-order valence-corrected chi connectivity index (χ0v) is 15.4. The monoisotopic (exact) mass is 389 g/mol. The second-order valence-electron chi connectivity index (χ2n) is 5.45. The van der Waals surface area contributed by atoms with E-state index >= 15 is 0 Å². The van der Waals surface area contributed by atoms with E-state index in [1.54, 1.807) is 23.7 Å². The molecule has 2 aromatic heterocycles. The highest BCUT2D eigenvalue weighted by Crippen LogP contribution is 2.11. The van der Waals surface area contributed by atoms with E-state index in [4.69, 9.17) is 28.2 Å². The topological polar surface area (TPSA) is 84.1 Å². The van der Waals surface area contributed by atoms with Gasteiger partial charge in [0.15, 0.2) is 10.9 Å². The minimum absolute atomic E-state index is 0.219. The molecule has 0 fully saturated rings. The summed E-state index contributed by atoms with van der Waals surface area (Å²) in [7, 11) is 0. The van der Waals surface area contributed by atoms with Crippen molar-refractivity contribution >= 4 is 40.7 Å². The van der Waals surface area contributed by atoms with Gasteiger partial charge in [-0.15, -0.1) is 0 Å². The molecule has 1 aromatic carbocycles. The van der Waals surface area contributed by atoms with Gasteiger partial charge < -0.3 is 9.73 Å². The molecular weight excluding hydrogens is 374 g/mol. The fourth-order valence-corrected chi connectivity index (χ4v) is 2.52. The van der Waals surface area contributed by atoms with Gasteiger partial charge in [0, 0.05) is 17.3 Å². The van der Waals surface area contributed by atoms with Gasteiger partial charge in [-0.25, -0.2) is 0 Å². The van der Waals surface area contributed by atoms with Gasteiger partial charge in [-0.3, -0.25) is 20.3 Å². The third-order valence-electron chi connectivity index (χ3n) is 3.53. The molecule has 0 atom stereocenters. The number of anilines is 1. The zero-order chi connectivity index (χ0) is 18.5. The molecule has 0 saturated carbocycles. The lowest BCUT2D eigenvalue weighted by atomic mass is 10.2. The molecule has 0 unspecified atom stereocenters. The number of hydrazine groups is 1. The minimum atomic E-state index is -0.339. The number of hydrogen-bond donors (Lipinski definition) is 3. The maximum absolute atomic E-state index is 12.0. The fraction of sp³-hybridized carbons (Fsp3) is 0.118. The Morgan fingerprint density at radius 2 is 2.00 bits per heavy atom. The first kappa shape index (κ1) is 18.0. The van der Waals surface area contributed by atoms with Crippen LogP contribution in [0.1, 0.15) is 21.7 Å². The number of aromatic nitrogens is 2. The first-order valence-corrected chi connectivity index (χ1v) is 8.49. The SMILES string of the molecule is Cc1occc1C(=O)NNC(=S)Nc1ccn(Cc2ccc(Cl)cc2)n1. The molecule has 0 aliphatic rings. The number of nitrogens with one attached hydrogen (secondary N) is 3. The van der Waals surface area contributed by atoms with E-state index in [-0.39, 0.29) is 11.0 Å². The summed E-state index contributed by atoms with van der Waals surface area (Å²) in [5.41, 5.74) is 6.64. The fourth-order valence-electron chi connectivity index (χ4n) is 2.24. The second kappa shape index (κ2) is 8.03. The van der Waals surface area contributed by atoms with Crippen molar-refractivity contribution in [1.29, 1.82) is 0 Å². The van der Waals surface area contributed by atoms with Crippen molar-refractivity contribution in [1.82, 2.24) is 20.6 Å². The van der Waals surface area contributed by atoms with Crippen molar-refractivity contribution in [2.45, 2.75) is 13.5 Å². The molecule has 26 heavy (non-hydrogen) atoms. The van der Waals surface area contributed by atoms with E-state index in [9.17, 15) is 4.79 Å². The van der Waals surface area contributed by atoms with Gasteiger partial charge in [0.1, 0.15) is 5.76 Å². The summed E-state index contributed by atoms with van der Waals surface area (Å²) in [6.45, 7) is 2.31. The van der Waals surface area contributed by atoms with Gasteiger partial charge in [0.2, 0.25) is 0 Å². The summed E-state index contributed by atoms with van der Waals surface area (Å²) in [5.74, 6) is 0.753. The van der Waals surface area contributed by atoms with Crippen molar-refractivity contribution in [3.8, 4) is 0 Å². The normalized spacial score (nSPS) is 10.4. The quantitative estimate of drug-likeness (QED) is 0.469. The van der Waals surface area contributed by atoms with E-state index in [0.29, 0.717) is 28.7 Å². The zero-order valence-electron chi connectivity index (χ0n) is 13.8. The molecule has 134 valence electrons. The highest BCUT2D eigenvalue weighted by atomic mass is 35.5. The van der Waals surface area contributed by atoms with Crippen LogP contribution in [0.3, 0.4) is 0 Å². The number of halogens is 1. The van der Waals surface area contributed by atoms with Crippen LogP contribution in [0.5, 0.6) is 0 Å². The van der Waals surface area contributed by atoms with E-state index < -0.39 is 0 Å². The lowest BCUT2D eigenvalue weighted by Gasteiger charge is -2.09. The van der Waals surface area contributed by atoms with Crippen LogP contribution in [0.15, 0.2) is 53.3 Å². The summed E-state index contributed by atoms with van der Waals surface area (Å²) in [5, 5.41) is 8.19. The number of amides is 1. The van der Waals surface area contributed by atoms with Crippen molar-refractivity contribution in [3.63, 3.8) is 0 Å². The number of carbonyl (C=O) groups is 1. The van der Waals surface area contributed by atoms with E-state index in [1.807, 2.05) is 30.5 Å². The average Bonchev–Trinajstić information content (AvgIpc) is 3.24. The van der Waals surface area contributed by atoms with Crippen LogP contribution in [0.25, 0.3) is 0 Å². The van der Waals surface area contributed by atoms with Crippen LogP contribution in [0, 0.1) is 6.92 Å². The summed E-state index contributed by atoms with van der Waals surface area (Å²) in [6.07, 6.45) is 3.28. The van der Waals surface area contributed by atoms with Gasteiger partial charge in [0.05, 0.1) is 18.4 Å². The molecule has 0 saturated heterocycles. The smallest absolute Gasteiger partial charge is 0.273 e. The second-order valence-corrected chi connectivity index (χ2v) is 6.29. The molecular formula is C17H16ClN5O2S. The van der Waals surface area contributed by atoms with Gasteiger partial charge in [0.25, 0.3) is 5.91 Å². The van der Waals surface area contributed by atoms with E-state index in [2.05, 4.69) is 21.3 Å². The van der Waals surface area contributed by atoms with Gasteiger partial charge >= 0.3 is 0 Å². The number of benzene rings is 1. The third-order valence-corrected chi connectivity index (χ3v) is 3.99. The largest absolute Gasteiger partial charge is 0.469 e. The molecule has 0 aliphatic carbocycles. The lowest BCUT2D eigenvalue weighted by molar-refractivity contribution is 0.0942. The Hall–Kier alpha value is -2.84. The molecule has 1 amide bonds. The summed E-state index contributed by atoms with van der Waals surface area (Å²) in [4.78, 5) is 12.0. The molecule has 0 radical (unpaired) electrons. The molecule has 0 spiro atoms. The van der Waals surface area contributed by atoms with Gasteiger partial charge in [-0.2, -0.15) is 5.10 Å². The number of furan rings is 1. The molecule has 0 aliphatic heterocycles. The van der Waals surface area contributed by atoms with Gasteiger partial charge in [-0.1, -0.05) is 23.7 Å².